The van der Waals surface area contributed by atoms with E-state index >= 15 is 0 Å². The number of ether oxygens (including phenoxy) is 1. The van der Waals surface area contributed by atoms with E-state index in [1.165, 1.54) is 4.90 Å². The zero-order valence-electron chi connectivity index (χ0n) is 11.8. The van der Waals surface area contributed by atoms with Crippen LogP contribution in [0.3, 0.4) is 0 Å². The average Bonchev–Trinajstić information content (AvgIpc) is 2.46. The molecule has 0 heterocycles. The van der Waals surface area contributed by atoms with Crippen LogP contribution in [0.2, 0.25) is 0 Å². The van der Waals surface area contributed by atoms with Crippen LogP contribution in [0.5, 0.6) is 0 Å². The minimum absolute atomic E-state index is 0.226. The van der Waals surface area contributed by atoms with Crippen molar-refractivity contribution in [2.45, 2.75) is 6.54 Å². The minimum atomic E-state index is -1.08. The van der Waals surface area contributed by atoms with Gasteiger partial charge in [0.1, 0.15) is 13.2 Å². The van der Waals surface area contributed by atoms with Gasteiger partial charge in [0.05, 0.1) is 0 Å². The molecule has 0 bridgehead atoms. The van der Waals surface area contributed by atoms with Gasteiger partial charge in [-0.05, 0) is 22.4 Å². The molecule has 0 aliphatic heterocycles. The number of carboxylic acids is 1. The molecule has 1 N–H and O–H groups in total. The first kappa shape index (κ1) is 15.0. The molecule has 5 nitrogen and oxygen atoms in total. The van der Waals surface area contributed by atoms with Crippen molar-refractivity contribution in [2.75, 3.05) is 20.3 Å². The average molecular weight is 287 g/mol. The summed E-state index contributed by atoms with van der Waals surface area (Å²) >= 11 is 0. The summed E-state index contributed by atoms with van der Waals surface area (Å²) < 4.78 is 4.80. The zero-order valence-corrected chi connectivity index (χ0v) is 11.8. The molecule has 0 unspecified atom stereocenters. The lowest BCUT2D eigenvalue weighted by Gasteiger charge is -2.17. The number of benzene rings is 2. The summed E-state index contributed by atoms with van der Waals surface area (Å²) in [7, 11) is 1.67. The van der Waals surface area contributed by atoms with E-state index in [0.29, 0.717) is 6.54 Å². The number of hydrogen-bond donors (Lipinski definition) is 1. The van der Waals surface area contributed by atoms with Crippen molar-refractivity contribution in [3.05, 3.63) is 48.0 Å². The molecular formula is C16H17NO4. The number of carboxylic acid groups (broad SMARTS) is 1. The van der Waals surface area contributed by atoms with Crippen LogP contribution >= 0.6 is 0 Å². The second-order valence-corrected chi connectivity index (χ2v) is 4.82. The summed E-state index contributed by atoms with van der Waals surface area (Å²) in [4.78, 5) is 23.6. The Balaban J connectivity index is 1.95. The third-order valence-corrected chi connectivity index (χ3v) is 3.11. The molecule has 0 fully saturated rings. The predicted molar refractivity (Wildman–Crippen MR) is 78.9 cm³/mol. The van der Waals surface area contributed by atoms with Gasteiger partial charge in [0.15, 0.2) is 0 Å². The molecule has 5 heteroatoms. The monoisotopic (exact) mass is 287 g/mol. The number of likely N-dealkylation sites (N-methyl/N-ethyl adjacent to an activating group) is 1. The van der Waals surface area contributed by atoms with Crippen LogP contribution < -0.4 is 0 Å². The fraction of sp³-hybridized carbons (Fsp3) is 0.250. The number of amides is 1. The first-order valence-corrected chi connectivity index (χ1v) is 6.57. The van der Waals surface area contributed by atoms with Crippen LogP contribution in [-0.2, 0) is 20.9 Å². The summed E-state index contributed by atoms with van der Waals surface area (Å²) in [6.07, 6.45) is 0. The molecule has 2 aromatic carbocycles. The van der Waals surface area contributed by atoms with Crippen LogP contribution in [0.15, 0.2) is 42.5 Å². The molecule has 2 rings (SSSR count). The van der Waals surface area contributed by atoms with Crippen molar-refractivity contribution in [3.8, 4) is 0 Å². The maximum atomic E-state index is 11.8. The Morgan fingerprint density at radius 2 is 1.81 bits per heavy atom. The van der Waals surface area contributed by atoms with E-state index in [-0.39, 0.29) is 12.5 Å². The molecule has 0 aliphatic rings. The van der Waals surface area contributed by atoms with Gasteiger partial charge in [-0.2, -0.15) is 0 Å². The second-order valence-electron chi connectivity index (χ2n) is 4.82. The molecule has 21 heavy (non-hydrogen) atoms. The van der Waals surface area contributed by atoms with E-state index in [0.717, 1.165) is 16.3 Å². The first-order valence-electron chi connectivity index (χ1n) is 6.57. The first-order chi connectivity index (χ1) is 10.1. The van der Waals surface area contributed by atoms with Crippen LogP contribution in [0, 0.1) is 0 Å². The fourth-order valence-electron chi connectivity index (χ4n) is 2.04. The quantitative estimate of drug-likeness (QED) is 0.881. The van der Waals surface area contributed by atoms with Gasteiger partial charge in [0.2, 0.25) is 5.91 Å². The van der Waals surface area contributed by atoms with Crippen molar-refractivity contribution in [3.63, 3.8) is 0 Å². The minimum Gasteiger partial charge on any atom is -0.480 e. The summed E-state index contributed by atoms with van der Waals surface area (Å²) in [6, 6.07) is 14.0. The molecule has 0 aliphatic carbocycles. The Bertz CT molecular complexity index is 654. The highest BCUT2D eigenvalue weighted by Gasteiger charge is 2.10. The smallest absolute Gasteiger partial charge is 0.329 e. The Kier molecular flexibility index (Phi) is 4.90. The third kappa shape index (κ3) is 4.29. The third-order valence-electron chi connectivity index (χ3n) is 3.11. The fourth-order valence-corrected chi connectivity index (χ4v) is 2.04. The van der Waals surface area contributed by atoms with Crippen molar-refractivity contribution in [1.82, 2.24) is 4.90 Å². The van der Waals surface area contributed by atoms with Gasteiger partial charge in [-0.15, -0.1) is 0 Å². The number of carbonyl (C=O) groups excluding carboxylic acids is 1. The number of fused-ring (bicyclic) bond motifs is 1. The molecule has 1 amide bonds. The standard InChI is InChI=1S/C16H17NO4/c1-17(15(18)10-21-11-16(19)20)9-12-6-7-13-4-2-3-5-14(13)8-12/h2-8H,9-11H2,1H3,(H,19,20). The Hall–Kier alpha value is -2.40. The Morgan fingerprint density at radius 3 is 2.52 bits per heavy atom. The van der Waals surface area contributed by atoms with Gasteiger partial charge in [0.25, 0.3) is 0 Å². The molecule has 0 spiro atoms. The lowest BCUT2D eigenvalue weighted by atomic mass is 10.1. The maximum absolute atomic E-state index is 11.8. The maximum Gasteiger partial charge on any atom is 0.329 e. The molecule has 0 radical (unpaired) electrons. The number of rotatable bonds is 6. The van der Waals surface area contributed by atoms with Crippen LogP contribution in [-0.4, -0.2) is 42.1 Å². The lowest BCUT2D eigenvalue weighted by Crippen LogP contribution is -2.30. The SMILES string of the molecule is CN(Cc1ccc2ccccc2c1)C(=O)COCC(=O)O. The molecule has 0 saturated carbocycles. The highest BCUT2D eigenvalue weighted by atomic mass is 16.5. The van der Waals surface area contributed by atoms with Gasteiger partial charge >= 0.3 is 5.97 Å². The van der Waals surface area contributed by atoms with Gasteiger partial charge in [-0.25, -0.2) is 4.79 Å². The Labute approximate surface area is 122 Å². The zero-order chi connectivity index (χ0) is 15.2. The van der Waals surface area contributed by atoms with Gasteiger partial charge in [-0.3, -0.25) is 4.79 Å². The molecule has 0 saturated heterocycles. The van der Waals surface area contributed by atoms with Crippen molar-refractivity contribution in [2.24, 2.45) is 0 Å². The molecule has 0 aromatic heterocycles. The van der Waals surface area contributed by atoms with Gasteiger partial charge < -0.3 is 14.7 Å². The topological polar surface area (TPSA) is 66.8 Å². The second kappa shape index (κ2) is 6.85. The van der Waals surface area contributed by atoms with Crippen molar-refractivity contribution in [1.29, 1.82) is 0 Å². The van der Waals surface area contributed by atoms with Gasteiger partial charge in [0, 0.05) is 13.6 Å². The number of hydrogen-bond acceptors (Lipinski definition) is 3. The van der Waals surface area contributed by atoms with Crippen molar-refractivity contribution >= 4 is 22.6 Å². The number of nitrogens with zero attached hydrogens (tertiary/aromatic N) is 1. The van der Waals surface area contributed by atoms with E-state index in [4.69, 9.17) is 9.84 Å². The van der Waals surface area contributed by atoms with Gasteiger partial charge in [-0.1, -0.05) is 36.4 Å². The van der Waals surface area contributed by atoms with E-state index < -0.39 is 12.6 Å². The van der Waals surface area contributed by atoms with Crippen LogP contribution in [0.4, 0.5) is 0 Å². The van der Waals surface area contributed by atoms with E-state index in [1.807, 2.05) is 42.5 Å². The number of aliphatic carboxylic acids is 1. The van der Waals surface area contributed by atoms with Crippen molar-refractivity contribution < 1.29 is 19.4 Å². The van der Waals surface area contributed by atoms with E-state index in [1.54, 1.807) is 7.05 Å². The van der Waals surface area contributed by atoms with Crippen LogP contribution in [0.1, 0.15) is 5.56 Å². The summed E-state index contributed by atoms with van der Waals surface area (Å²) in [6.45, 7) is -0.230. The molecular weight excluding hydrogens is 270 g/mol. The molecule has 2 aromatic rings. The lowest BCUT2D eigenvalue weighted by molar-refractivity contribution is -0.145. The summed E-state index contributed by atoms with van der Waals surface area (Å²) in [5.41, 5.74) is 1.02. The summed E-state index contributed by atoms with van der Waals surface area (Å²) in [5, 5.41) is 10.7. The summed E-state index contributed by atoms with van der Waals surface area (Å²) in [5.74, 6) is -1.33. The highest BCUT2D eigenvalue weighted by molar-refractivity contribution is 5.83. The Morgan fingerprint density at radius 1 is 1.10 bits per heavy atom. The number of carbonyl (C=O) groups is 2. The van der Waals surface area contributed by atoms with Crippen LogP contribution in [0.25, 0.3) is 10.8 Å². The predicted octanol–water partition coefficient (Wildman–Crippen LogP) is 1.90. The molecule has 0 atom stereocenters. The normalized spacial score (nSPS) is 10.5. The van der Waals surface area contributed by atoms with E-state index in [2.05, 4.69) is 0 Å². The highest BCUT2D eigenvalue weighted by Crippen LogP contribution is 2.16. The molecule has 110 valence electrons. The largest absolute Gasteiger partial charge is 0.480 e. The van der Waals surface area contributed by atoms with E-state index in [9.17, 15) is 9.59 Å².